The SMILES string of the molecule is C[C@H]1NCCO[C@@H]1C. The zero-order chi connectivity index (χ0) is 5.98. The molecule has 0 aromatic heterocycles. The minimum atomic E-state index is 0.392. The van der Waals surface area contributed by atoms with Crippen LogP contribution < -0.4 is 5.32 Å². The summed E-state index contributed by atoms with van der Waals surface area (Å²) in [6.45, 7) is 6.11. The number of morpholine rings is 1. The van der Waals surface area contributed by atoms with Crippen LogP contribution in [-0.2, 0) is 4.74 Å². The van der Waals surface area contributed by atoms with Crippen LogP contribution in [0.2, 0.25) is 0 Å². The van der Waals surface area contributed by atoms with Crippen LogP contribution in [0.5, 0.6) is 0 Å². The third-order valence-corrected chi connectivity index (χ3v) is 1.65. The second-order valence-electron chi connectivity index (χ2n) is 2.32. The van der Waals surface area contributed by atoms with Gasteiger partial charge in [-0.2, -0.15) is 0 Å². The van der Waals surface area contributed by atoms with Crippen LogP contribution in [0.15, 0.2) is 0 Å². The quantitative estimate of drug-likeness (QED) is 0.493. The Bertz CT molecular complexity index is 64.9. The van der Waals surface area contributed by atoms with E-state index in [1.54, 1.807) is 0 Å². The van der Waals surface area contributed by atoms with Crippen LogP contribution in [0.3, 0.4) is 0 Å². The first-order valence-corrected chi connectivity index (χ1v) is 3.15. The molecule has 48 valence electrons. The summed E-state index contributed by atoms with van der Waals surface area (Å²) >= 11 is 0. The van der Waals surface area contributed by atoms with Gasteiger partial charge < -0.3 is 10.1 Å². The van der Waals surface area contributed by atoms with Gasteiger partial charge in [0.25, 0.3) is 0 Å². The van der Waals surface area contributed by atoms with Gasteiger partial charge in [-0.1, -0.05) is 0 Å². The molecular formula is C6H13NO. The number of nitrogens with one attached hydrogen (secondary N) is 1. The maximum absolute atomic E-state index is 5.33. The van der Waals surface area contributed by atoms with Crippen molar-refractivity contribution in [2.24, 2.45) is 0 Å². The lowest BCUT2D eigenvalue weighted by molar-refractivity contribution is 0.0135. The van der Waals surface area contributed by atoms with Crippen molar-refractivity contribution < 1.29 is 4.74 Å². The van der Waals surface area contributed by atoms with Crippen molar-refractivity contribution >= 4 is 0 Å². The van der Waals surface area contributed by atoms with Gasteiger partial charge >= 0.3 is 0 Å². The summed E-state index contributed by atoms with van der Waals surface area (Å²) in [4.78, 5) is 0. The van der Waals surface area contributed by atoms with E-state index >= 15 is 0 Å². The van der Waals surface area contributed by atoms with E-state index < -0.39 is 0 Å². The van der Waals surface area contributed by atoms with Gasteiger partial charge in [0.15, 0.2) is 0 Å². The largest absolute Gasteiger partial charge is 0.376 e. The van der Waals surface area contributed by atoms with Gasteiger partial charge in [-0.15, -0.1) is 0 Å². The second kappa shape index (κ2) is 2.46. The van der Waals surface area contributed by atoms with Crippen molar-refractivity contribution in [1.29, 1.82) is 0 Å². The van der Waals surface area contributed by atoms with E-state index in [2.05, 4.69) is 19.2 Å². The minimum Gasteiger partial charge on any atom is -0.376 e. The molecule has 0 aromatic rings. The fraction of sp³-hybridized carbons (Fsp3) is 1.00. The predicted octanol–water partition coefficient (Wildman–Crippen LogP) is 0.383. The molecule has 1 rings (SSSR count). The van der Waals surface area contributed by atoms with E-state index in [4.69, 9.17) is 4.74 Å². The van der Waals surface area contributed by atoms with Gasteiger partial charge in [-0.05, 0) is 13.8 Å². The molecule has 0 radical (unpaired) electrons. The standard InChI is InChI=1S/C6H13NO/c1-5-6(2)8-4-3-7-5/h5-7H,3-4H2,1-2H3/t5-,6-/m1/s1. The molecule has 8 heavy (non-hydrogen) atoms. The maximum atomic E-state index is 5.33. The molecule has 1 fully saturated rings. The summed E-state index contributed by atoms with van der Waals surface area (Å²) in [7, 11) is 0. The lowest BCUT2D eigenvalue weighted by atomic mass is 10.2. The highest BCUT2D eigenvalue weighted by Crippen LogP contribution is 2.00. The summed E-state index contributed by atoms with van der Waals surface area (Å²) < 4.78 is 5.33. The molecule has 1 N–H and O–H groups in total. The highest BCUT2D eigenvalue weighted by Gasteiger charge is 2.15. The van der Waals surface area contributed by atoms with Gasteiger partial charge in [0.2, 0.25) is 0 Å². The first kappa shape index (κ1) is 6.05. The van der Waals surface area contributed by atoms with Crippen molar-refractivity contribution in [2.75, 3.05) is 13.2 Å². The molecular weight excluding hydrogens is 102 g/mol. The fourth-order valence-electron chi connectivity index (χ4n) is 0.842. The summed E-state index contributed by atoms with van der Waals surface area (Å²) in [6.07, 6.45) is 0.392. The van der Waals surface area contributed by atoms with Crippen LogP contribution >= 0.6 is 0 Å². The van der Waals surface area contributed by atoms with Gasteiger partial charge in [0, 0.05) is 12.6 Å². The molecule has 2 heteroatoms. The van der Waals surface area contributed by atoms with Crippen LogP contribution in [-0.4, -0.2) is 25.3 Å². The van der Waals surface area contributed by atoms with E-state index in [0.717, 1.165) is 13.2 Å². The van der Waals surface area contributed by atoms with E-state index in [-0.39, 0.29) is 0 Å². The number of hydrogen-bond donors (Lipinski definition) is 1. The van der Waals surface area contributed by atoms with Gasteiger partial charge in [0.1, 0.15) is 0 Å². The monoisotopic (exact) mass is 115 g/mol. The fourth-order valence-corrected chi connectivity index (χ4v) is 0.842. The Morgan fingerprint density at radius 1 is 1.50 bits per heavy atom. The predicted molar refractivity (Wildman–Crippen MR) is 32.9 cm³/mol. The van der Waals surface area contributed by atoms with E-state index in [9.17, 15) is 0 Å². The molecule has 0 unspecified atom stereocenters. The maximum Gasteiger partial charge on any atom is 0.0697 e. The molecule has 0 spiro atoms. The molecule has 2 atom stereocenters. The van der Waals surface area contributed by atoms with Crippen LogP contribution in [0.1, 0.15) is 13.8 Å². The summed E-state index contributed by atoms with van der Waals surface area (Å²) in [5.41, 5.74) is 0. The molecule has 0 bridgehead atoms. The lowest BCUT2D eigenvalue weighted by Gasteiger charge is -2.26. The first-order valence-electron chi connectivity index (χ1n) is 3.15. The van der Waals surface area contributed by atoms with Gasteiger partial charge in [-0.3, -0.25) is 0 Å². The Hall–Kier alpha value is -0.0800. The van der Waals surface area contributed by atoms with Crippen LogP contribution in [0, 0.1) is 0 Å². The van der Waals surface area contributed by atoms with E-state index in [0.29, 0.717) is 12.1 Å². The second-order valence-corrected chi connectivity index (χ2v) is 2.32. The van der Waals surface area contributed by atoms with Crippen LogP contribution in [0.4, 0.5) is 0 Å². The number of rotatable bonds is 0. The Kier molecular flexibility index (Phi) is 1.86. The number of ether oxygens (including phenoxy) is 1. The summed E-state index contributed by atoms with van der Waals surface area (Å²) in [6, 6.07) is 0.531. The van der Waals surface area contributed by atoms with E-state index in [1.165, 1.54) is 0 Å². The smallest absolute Gasteiger partial charge is 0.0697 e. The third-order valence-electron chi connectivity index (χ3n) is 1.65. The van der Waals surface area contributed by atoms with Gasteiger partial charge in [-0.25, -0.2) is 0 Å². The van der Waals surface area contributed by atoms with Crippen molar-refractivity contribution in [3.8, 4) is 0 Å². The summed E-state index contributed by atoms with van der Waals surface area (Å²) in [5.74, 6) is 0. The Morgan fingerprint density at radius 2 is 2.25 bits per heavy atom. The molecule has 1 heterocycles. The lowest BCUT2D eigenvalue weighted by Crippen LogP contribution is -2.44. The highest BCUT2D eigenvalue weighted by molar-refractivity contribution is 4.71. The topological polar surface area (TPSA) is 21.3 Å². The molecule has 1 aliphatic heterocycles. The molecule has 0 amide bonds. The van der Waals surface area contributed by atoms with Crippen molar-refractivity contribution in [3.63, 3.8) is 0 Å². The summed E-state index contributed by atoms with van der Waals surface area (Å²) in [5, 5.41) is 3.31. The zero-order valence-electron chi connectivity index (χ0n) is 5.48. The van der Waals surface area contributed by atoms with Crippen LogP contribution in [0.25, 0.3) is 0 Å². The Labute approximate surface area is 50.2 Å². The molecule has 0 aromatic carbocycles. The Balaban J connectivity index is 2.28. The zero-order valence-corrected chi connectivity index (χ0v) is 5.48. The average Bonchev–Trinajstić information content (AvgIpc) is 1.77. The van der Waals surface area contributed by atoms with Crippen molar-refractivity contribution in [3.05, 3.63) is 0 Å². The van der Waals surface area contributed by atoms with Gasteiger partial charge in [0.05, 0.1) is 12.7 Å². The first-order chi connectivity index (χ1) is 3.80. The Morgan fingerprint density at radius 3 is 2.62 bits per heavy atom. The minimum absolute atomic E-state index is 0.392. The molecule has 0 saturated carbocycles. The molecule has 1 saturated heterocycles. The van der Waals surface area contributed by atoms with Crippen molar-refractivity contribution in [1.82, 2.24) is 5.32 Å². The average molecular weight is 115 g/mol. The highest BCUT2D eigenvalue weighted by atomic mass is 16.5. The molecule has 0 aliphatic carbocycles. The van der Waals surface area contributed by atoms with Crippen molar-refractivity contribution in [2.45, 2.75) is 26.0 Å². The molecule has 2 nitrogen and oxygen atoms in total. The number of hydrogen-bond acceptors (Lipinski definition) is 2. The van der Waals surface area contributed by atoms with E-state index in [1.807, 2.05) is 0 Å². The molecule has 1 aliphatic rings. The normalized spacial score (nSPS) is 39.8. The third kappa shape index (κ3) is 1.20.